The second-order valence-corrected chi connectivity index (χ2v) is 8.22. The van der Waals surface area contributed by atoms with Crippen LogP contribution in [0.5, 0.6) is 23.0 Å². The number of aryl methyl sites for hydroxylation is 1. The first-order valence-corrected chi connectivity index (χ1v) is 11.5. The smallest absolute Gasteiger partial charge is 0.249 e. The van der Waals surface area contributed by atoms with Crippen LogP contribution in [0.1, 0.15) is 30.4 Å². The van der Waals surface area contributed by atoms with Crippen molar-refractivity contribution < 1.29 is 23.7 Å². The molecule has 1 saturated heterocycles. The Balaban J connectivity index is 1.14. The Hall–Kier alpha value is -3.19. The van der Waals surface area contributed by atoms with E-state index in [1.54, 1.807) is 14.2 Å². The molecule has 176 valence electrons. The van der Waals surface area contributed by atoms with Gasteiger partial charge in [-0.3, -0.25) is 4.79 Å². The lowest BCUT2D eigenvalue weighted by Crippen LogP contribution is -2.29. The van der Waals surface area contributed by atoms with Crippen molar-refractivity contribution >= 4 is 12.0 Å². The van der Waals surface area contributed by atoms with Gasteiger partial charge in [0.2, 0.25) is 12.7 Å². The van der Waals surface area contributed by atoms with E-state index < -0.39 is 0 Å². The summed E-state index contributed by atoms with van der Waals surface area (Å²) in [6.45, 7) is 3.66. The molecule has 0 saturated carbocycles. The average molecular weight is 453 g/mol. The van der Waals surface area contributed by atoms with E-state index in [-0.39, 0.29) is 12.7 Å². The van der Waals surface area contributed by atoms with E-state index in [0.29, 0.717) is 0 Å². The fraction of sp³-hybridized carbons (Fsp3) is 0.423. The van der Waals surface area contributed by atoms with Crippen LogP contribution in [0.15, 0.2) is 42.0 Å². The van der Waals surface area contributed by atoms with Crippen molar-refractivity contribution in [3.63, 3.8) is 0 Å². The number of fused-ring (bicyclic) bond motifs is 1. The van der Waals surface area contributed by atoms with Crippen molar-refractivity contribution in [2.75, 3.05) is 47.2 Å². The number of nitrogens with zero attached hydrogens (tertiary/aromatic N) is 1. The lowest BCUT2D eigenvalue weighted by atomic mass is 10.1. The number of likely N-dealkylation sites (tertiary alicyclic amines) is 1. The number of nitrogens with one attached hydrogen (secondary N) is 1. The monoisotopic (exact) mass is 452 g/mol. The van der Waals surface area contributed by atoms with E-state index in [9.17, 15) is 4.79 Å². The summed E-state index contributed by atoms with van der Waals surface area (Å²) >= 11 is 0. The van der Waals surface area contributed by atoms with Crippen LogP contribution in [0.4, 0.5) is 0 Å². The van der Waals surface area contributed by atoms with E-state index in [0.717, 1.165) is 86.0 Å². The SMILES string of the molecule is COc1ccc(CCCNCCCN2CC/C(=C\c3ccc4c(c3)OCO4)C2=O)cc1OC. The lowest BCUT2D eigenvalue weighted by molar-refractivity contribution is -0.124. The van der Waals surface area contributed by atoms with Crippen LogP contribution in [-0.2, 0) is 11.2 Å². The third-order valence-electron chi connectivity index (χ3n) is 6.00. The quantitative estimate of drug-likeness (QED) is 0.415. The first kappa shape index (κ1) is 23.0. The third kappa shape index (κ3) is 5.79. The molecule has 0 aliphatic carbocycles. The lowest BCUT2D eigenvalue weighted by Gasteiger charge is -2.15. The second-order valence-electron chi connectivity index (χ2n) is 8.22. The van der Waals surface area contributed by atoms with Crippen molar-refractivity contribution in [1.82, 2.24) is 10.2 Å². The number of methoxy groups -OCH3 is 2. The van der Waals surface area contributed by atoms with Gasteiger partial charge in [-0.1, -0.05) is 12.1 Å². The maximum absolute atomic E-state index is 12.7. The molecule has 7 nitrogen and oxygen atoms in total. The fourth-order valence-corrected chi connectivity index (χ4v) is 4.19. The largest absolute Gasteiger partial charge is 0.493 e. The van der Waals surface area contributed by atoms with E-state index in [4.69, 9.17) is 18.9 Å². The molecular formula is C26H32N2O5. The van der Waals surface area contributed by atoms with Gasteiger partial charge in [0.05, 0.1) is 14.2 Å². The molecule has 1 amide bonds. The highest BCUT2D eigenvalue weighted by Gasteiger charge is 2.25. The molecule has 2 aliphatic heterocycles. The summed E-state index contributed by atoms with van der Waals surface area (Å²) < 4.78 is 21.4. The van der Waals surface area contributed by atoms with Gasteiger partial charge in [-0.05, 0) is 80.2 Å². The summed E-state index contributed by atoms with van der Waals surface area (Å²) in [6.07, 6.45) is 5.72. The second kappa shape index (κ2) is 11.1. The molecule has 2 heterocycles. The first-order valence-electron chi connectivity index (χ1n) is 11.5. The third-order valence-corrected chi connectivity index (χ3v) is 6.00. The molecule has 0 aromatic heterocycles. The number of hydrogen-bond acceptors (Lipinski definition) is 6. The predicted molar refractivity (Wildman–Crippen MR) is 127 cm³/mol. The van der Waals surface area contributed by atoms with Gasteiger partial charge in [0, 0.05) is 18.7 Å². The standard InChI is InChI=1S/C26H32N2O5/c1-30-22-8-6-19(16-24(22)31-2)5-3-11-27-12-4-13-28-14-10-21(26(28)29)15-20-7-9-23-25(17-20)33-18-32-23/h6-9,15-17,27H,3-5,10-14,18H2,1-2H3/b21-15+. The normalized spacial score (nSPS) is 16.0. The van der Waals surface area contributed by atoms with Crippen LogP contribution in [0.3, 0.4) is 0 Å². The number of rotatable bonds is 11. The van der Waals surface area contributed by atoms with E-state index in [2.05, 4.69) is 11.4 Å². The molecule has 2 aromatic carbocycles. The summed E-state index contributed by atoms with van der Waals surface area (Å²) in [7, 11) is 3.30. The van der Waals surface area contributed by atoms with Crippen molar-refractivity contribution in [3.8, 4) is 23.0 Å². The Kier molecular flexibility index (Phi) is 7.73. The molecular weight excluding hydrogens is 420 g/mol. The maximum Gasteiger partial charge on any atom is 0.249 e. The van der Waals surface area contributed by atoms with Gasteiger partial charge in [-0.15, -0.1) is 0 Å². The Morgan fingerprint density at radius 1 is 1.00 bits per heavy atom. The van der Waals surface area contributed by atoms with E-state index in [1.807, 2.05) is 41.3 Å². The predicted octanol–water partition coefficient (Wildman–Crippen LogP) is 3.66. The van der Waals surface area contributed by atoms with Gasteiger partial charge in [-0.2, -0.15) is 0 Å². The summed E-state index contributed by atoms with van der Waals surface area (Å²) in [4.78, 5) is 14.7. The molecule has 4 rings (SSSR count). The molecule has 2 aromatic rings. The minimum atomic E-state index is 0.140. The van der Waals surface area contributed by atoms with Gasteiger partial charge in [0.1, 0.15) is 0 Å². The van der Waals surface area contributed by atoms with Gasteiger partial charge in [0.15, 0.2) is 23.0 Å². The zero-order valence-corrected chi connectivity index (χ0v) is 19.4. The fourth-order valence-electron chi connectivity index (χ4n) is 4.19. The summed E-state index contributed by atoms with van der Waals surface area (Å²) in [5.74, 6) is 3.16. The van der Waals surface area contributed by atoms with Gasteiger partial charge in [-0.25, -0.2) is 0 Å². The Labute approximate surface area is 195 Å². The minimum absolute atomic E-state index is 0.140. The topological polar surface area (TPSA) is 69.3 Å². The number of amides is 1. The van der Waals surface area contributed by atoms with Crippen molar-refractivity contribution in [3.05, 3.63) is 53.1 Å². The molecule has 0 spiro atoms. The number of carbonyl (C=O) groups is 1. The highest BCUT2D eigenvalue weighted by molar-refractivity contribution is 5.99. The molecule has 0 atom stereocenters. The van der Waals surface area contributed by atoms with Gasteiger partial charge in [0.25, 0.3) is 0 Å². The molecule has 7 heteroatoms. The number of carbonyl (C=O) groups excluding carboxylic acids is 1. The zero-order chi connectivity index (χ0) is 23.0. The highest BCUT2D eigenvalue weighted by Crippen LogP contribution is 2.33. The first-order chi connectivity index (χ1) is 16.2. The van der Waals surface area contributed by atoms with Crippen molar-refractivity contribution in [1.29, 1.82) is 0 Å². The molecule has 33 heavy (non-hydrogen) atoms. The summed E-state index contributed by atoms with van der Waals surface area (Å²) in [5.41, 5.74) is 3.07. The summed E-state index contributed by atoms with van der Waals surface area (Å²) in [6, 6.07) is 11.8. The van der Waals surface area contributed by atoms with Crippen molar-refractivity contribution in [2.24, 2.45) is 0 Å². The Bertz CT molecular complexity index is 1000. The Morgan fingerprint density at radius 2 is 1.82 bits per heavy atom. The zero-order valence-electron chi connectivity index (χ0n) is 19.4. The maximum atomic E-state index is 12.7. The highest BCUT2D eigenvalue weighted by atomic mass is 16.7. The van der Waals surface area contributed by atoms with Crippen LogP contribution in [0.2, 0.25) is 0 Å². The average Bonchev–Trinajstić information content (AvgIpc) is 3.44. The molecule has 1 N–H and O–H groups in total. The molecule has 1 fully saturated rings. The molecule has 2 aliphatic rings. The Morgan fingerprint density at radius 3 is 2.67 bits per heavy atom. The van der Waals surface area contributed by atoms with Crippen LogP contribution >= 0.6 is 0 Å². The minimum Gasteiger partial charge on any atom is -0.493 e. The number of hydrogen-bond donors (Lipinski definition) is 1. The van der Waals surface area contributed by atoms with Crippen molar-refractivity contribution in [2.45, 2.75) is 25.7 Å². The molecule has 0 unspecified atom stereocenters. The van der Waals surface area contributed by atoms with Crippen LogP contribution < -0.4 is 24.3 Å². The molecule has 0 radical (unpaired) electrons. The van der Waals surface area contributed by atoms with E-state index >= 15 is 0 Å². The number of benzene rings is 2. The van der Waals surface area contributed by atoms with Gasteiger partial charge >= 0.3 is 0 Å². The van der Waals surface area contributed by atoms with Crippen LogP contribution in [-0.4, -0.2) is 58.0 Å². The van der Waals surface area contributed by atoms with Crippen LogP contribution in [0, 0.1) is 0 Å². The van der Waals surface area contributed by atoms with Gasteiger partial charge < -0.3 is 29.2 Å². The van der Waals surface area contributed by atoms with Crippen LogP contribution in [0.25, 0.3) is 6.08 Å². The summed E-state index contributed by atoms with van der Waals surface area (Å²) in [5, 5.41) is 3.49. The number of ether oxygens (including phenoxy) is 4. The molecule has 0 bridgehead atoms. The van der Waals surface area contributed by atoms with E-state index in [1.165, 1.54) is 5.56 Å².